The standard InChI is InChI=1S/6C9H19NO2.Mo/c6*1-3-5-7-10(9(11)12)8-6-4-2;/h6*3-8H2,1-2H3,(H,11,12);/q;;;;;;+6/p-6. The monoisotopic (exact) mass is 1130 g/mol. The van der Waals surface area contributed by atoms with Crippen LogP contribution in [0.25, 0.3) is 0 Å². The van der Waals surface area contributed by atoms with Gasteiger partial charge in [-0.05, 0) is 77.0 Å². The Balaban J connectivity index is -0.000000143. The van der Waals surface area contributed by atoms with Crippen molar-refractivity contribution in [3.05, 3.63) is 0 Å². The van der Waals surface area contributed by atoms with Crippen molar-refractivity contribution in [1.82, 2.24) is 29.4 Å². The van der Waals surface area contributed by atoms with Gasteiger partial charge in [0.25, 0.3) is 0 Å². The molecule has 18 nitrogen and oxygen atoms in total. The van der Waals surface area contributed by atoms with Crippen LogP contribution in [-0.4, -0.2) is 144 Å². The quantitative estimate of drug-likeness (QED) is 0.0556. The van der Waals surface area contributed by atoms with Crippen molar-refractivity contribution in [3.8, 4) is 0 Å². The van der Waals surface area contributed by atoms with Crippen molar-refractivity contribution in [2.24, 2.45) is 0 Å². The van der Waals surface area contributed by atoms with E-state index in [9.17, 15) is 59.4 Å². The molecule has 0 aliphatic rings. The van der Waals surface area contributed by atoms with E-state index in [1.54, 1.807) is 0 Å². The zero-order chi connectivity index (χ0) is 56.4. The molecule has 0 fully saturated rings. The molecule has 0 aliphatic carbocycles. The van der Waals surface area contributed by atoms with Crippen LogP contribution in [0.5, 0.6) is 0 Å². The van der Waals surface area contributed by atoms with Crippen LogP contribution < -0.4 is 30.6 Å². The van der Waals surface area contributed by atoms with Crippen LogP contribution in [0.1, 0.15) is 237 Å². The average molecular weight is 1130 g/mol. The van der Waals surface area contributed by atoms with Crippen LogP contribution in [0, 0.1) is 0 Å². The summed E-state index contributed by atoms with van der Waals surface area (Å²) < 4.78 is 0. The van der Waals surface area contributed by atoms with Crippen molar-refractivity contribution in [1.29, 1.82) is 0 Å². The molecule has 0 saturated heterocycles. The molecule has 0 rings (SSSR count). The van der Waals surface area contributed by atoms with Crippen molar-refractivity contribution in [2.75, 3.05) is 78.5 Å². The van der Waals surface area contributed by atoms with E-state index in [-0.39, 0.29) is 21.1 Å². The van der Waals surface area contributed by atoms with Crippen molar-refractivity contribution in [2.45, 2.75) is 237 Å². The van der Waals surface area contributed by atoms with Gasteiger partial charge in [0, 0.05) is 78.5 Å². The molecule has 0 N–H and O–H groups in total. The van der Waals surface area contributed by atoms with E-state index in [0.717, 1.165) is 154 Å². The number of carbonyl (C=O) groups excluding carboxylic acids is 6. The van der Waals surface area contributed by atoms with Gasteiger partial charge in [-0.2, -0.15) is 0 Å². The molecule has 0 atom stereocenters. The van der Waals surface area contributed by atoms with E-state index in [2.05, 4.69) is 0 Å². The van der Waals surface area contributed by atoms with Gasteiger partial charge in [0.1, 0.15) is 36.6 Å². The Kier molecular flexibility index (Phi) is 75.7. The predicted octanol–water partition coefficient (Wildman–Crippen LogP) is 7.39. The first-order chi connectivity index (χ1) is 34.3. The van der Waals surface area contributed by atoms with Gasteiger partial charge < -0.3 is 88.8 Å². The molecule has 0 bridgehead atoms. The number of nitrogens with zero attached hydrogens (tertiary/aromatic N) is 6. The van der Waals surface area contributed by atoms with Gasteiger partial charge in [-0.15, -0.1) is 0 Å². The van der Waals surface area contributed by atoms with Crippen molar-refractivity contribution in [3.63, 3.8) is 0 Å². The summed E-state index contributed by atoms with van der Waals surface area (Å²) in [6, 6.07) is 0. The second-order valence-electron chi connectivity index (χ2n) is 17.8. The first-order valence-electron chi connectivity index (χ1n) is 28.1. The zero-order valence-electron chi connectivity index (χ0n) is 48.4. The molecule has 0 saturated carbocycles. The largest absolute Gasteiger partial charge is 6.00 e. The van der Waals surface area contributed by atoms with E-state index in [1.807, 2.05) is 83.1 Å². The molecule has 0 spiro atoms. The summed E-state index contributed by atoms with van der Waals surface area (Å²) in [6.45, 7) is 32.1. The minimum atomic E-state index is -1.03. The Morgan fingerprint density at radius 2 is 0.274 bits per heavy atom. The van der Waals surface area contributed by atoms with Crippen LogP contribution in [-0.2, 0) is 21.1 Å². The fraction of sp³-hybridized carbons (Fsp3) is 0.889. The first-order valence-corrected chi connectivity index (χ1v) is 28.1. The van der Waals surface area contributed by atoms with Crippen LogP contribution in [0.2, 0.25) is 0 Å². The predicted molar refractivity (Wildman–Crippen MR) is 281 cm³/mol. The summed E-state index contributed by atoms with van der Waals surface area (Å²) in [5, 5.41) is 63.2. The van der Waals surface area contributed by atoms with Crippen molar-refractivity contribution < 1.29 is 80.5 Å². The summed E-state index contributed by atoms with van der Waals surface area (Å²) >= 11 is 0. The Hall–Kier alpha value is -3.69. The fourth-order valence-electron chi connectivity index (χ4n) is 5.95. The minimum absolute atomic E-state index is 0. The van der Waals surface area contributed by atoms with E-state index in [0.29, 0.717) is 78.5 Å². The van der Waals surface area contributed by atoms with Gasteiger partial charge in [-0.1, -0.05) is 160 Å². The van der Waals surface area contributed by atoms with Crippen LogP contribution in [0.15, 0.2) is 0 Å². The van der Waals surface area contributed by atoms with Gasteiger partial charge in [-0.3, -0.25) is 0 Å². The molecule has 0 aromatic rings. The molecule has 73 heavy (non-hydrogen) atoms. The SMILES string of the molecule is CCCCN(CCCC)C(=O)[O-].CCCCN(CCCC)C(=O)[O-].CCCCN(CCCC)C(=O)[O-].CCCCN(CCCC)C(=O)[O-].CCCCN(CCCC)C(=O)[O-].CCCCN(CCCC)C(=O)[O-].[Mo+6]. The molecule has 0 aromatic heterocycles. The third kappa shape index (κ3) is 64.4. The Morgan fingerprint density at radius 3 is 0.315 bits per heavy atom. The Bertz CT molecular complexity index is 946. The number of carbonyl (C=O) groups is 6. The maximum atomic E-state index is 10.5. The molecular formula is C54H108MoN6O12. The molecule has 6 amide bonds. The van der Waals surface area contributed by atoms with E-state index in [1.165, 1.54) is 29.4 Å². The summed E-state index contributed by atoms with van der Waals surface area (Å²) in [7, 11) is 0. The molecule has 19 heteroatoms. The third-order valence-corrected chi connectivity index (χ3v) is 10.9. The minimum Gasteiger partial charge on any atom is -0.530 e. The topological polar surface area (TPSA) is 260 Å². The van der Waals surface area contributed by atoms with E-state index < -0.39 is 36.6 Å². The molecule has 0 heterocycles. The van der Waals surface area contributed by atoms with Crippen LogP contribution in [0.4, 0.5) is 28.8 Å². The van der Waals surface area contributed by atoms with Gasteiger partial charge >= 0.3 is 21.1 Å². The summed E-state index contributed by atoms with van der Waals surface area (Å²) in [4.78, 5) is 71.5. The number of hydrogen-bond donors (Lipinski definition) is 0. The first kappa shape index (κ1) is 83.3. The van der Waals surface area contributed by atoms with Gasteiger partial charge in [-0.25, -0.2) is 0 Å². The molecule has 0 radical (unpaired) electrons. The molecule has 0 aromatic carbocycles. The second-order valence-corrected chi connectivity index (χ2v) is 17.8. The fourth-order valence-corrected chi connectivity index (χ4v) is 5.95. The Labute approximate surface area is 460 Å². The average Bonchev–Trinajstić information content (AvgIpc) is 3.34. The normalized spacial score (nSPS) is 9.70. The van der Waals surface area contributed by atoms with Crippen LogP contribution in [0.3, 0.4) is 0 Å². The number of carboxylic acid groups (broad SMARTS) is 6. The number of unbranched alkanes of at least 4 members (excludes halogenated alkanes) is 12. The Morgan fingerprint density at radius 1 is 0.205 bits per heavy atom. The van der Waals surface area contributed by atoms with Gasteiger partial charge in [0.2, 0.25) is 0 Å². The number of amides is 6. The summed E-state index contributed by atoms with van der Waals surface area (Å²) in [5.74, 6) is 0. The zero-order valence-corrected chi connectivity index (χ0v) is 50.5. The molecule has 0 unspecified atom stereocenters. The smallest absolute Gasteiger partial charge is 0.530 e. The summed E-state index contributed by atoms with van der Waals surface area (Å²) in [5.41, 5.74) is 0. The molecular weight excluding hydrogens is 1020 g/mol. The molecule has 432 valence electrons. The van der Waals surface area contributed by atoms with E-state index >= 15 is 0 Å². The van der Waals surface area contributed by atoms with E-state index in [4.69, 9.17) is 0 Å². The van der Waals surface area contributed by atoms with Crippen molar-refractivity contribution >= 4 is 36.6 Å². The number of rotatable bonds is 36. The summed E-state index contributed by atoms with van der Waals surface area (Å²) in [6.07, 6.45) is 17.2. The number of hydrogen-bond acceptors (Lipinski definition) is 12. The third-order valence-electron chi connectivity index (χ3n) is 10.9. The molecule has 0 aliphatic heterocycles. The maximum Gasteiger partial charge on any atom is 6.00 e. The van der Waals surface area contributed by atoms with Gasteiger partial charge in [0.05, 0.1) is 0 Å². The second kappa shape index (κ2) is 66.3. The maximum absolute atomic E-state index is 10.5. The van der Waals surface area contributed by atoms with Gasteiger partial charge in [0.15, 0.2) is 0 Å². The van der Waals surface area contributed by atoms with Crippen LogP contribution >= 0.6 is 0 Å².